The molecule has 180 valence electrons. The molecule has 0 aromatic rings. The fourth-order valence-electron chi connectivity index (χ4n) is 3.45. The van der Waals surface area contributed by atoms with E-state index in [-0.39, 0.29) is 24.0 Å². The molecular formula is C27H41ClO2SeTe. The van der Waals surface area contributed by atoms with Crippen molar-refractivity contribution in [3.8, 4) is 0 Å². The van der Waals surface area contributed by atoms with Crippen LogP contribution in [0.1, 0.15) is 80.1 Å². The van der Waals surface area contributed by atoms with E-state index in [2.05, 4.69) is 71.9 Å². The number of aliphatic hydroxyl groups is 2. The number of hydrogen-bond donors (Lipinski definition) is 2. The summed E-state index contributed by atoms with van der Waals surface area (Å²) < 4.78 is 5.92. The van der Waals surface area contributed by atoms with E-state index in [4.69, 9.17) is 8.96 Å². The van der Waals surface area contributed by atoms with Gasteiger partial charge in [-0.1, -0.05) is 0 Å². The third-order valence-corrected chi connectivity index (χ3v) is 16.5. The van der Waals surface area contributed by atoms with Crippen LogP contribution in [-0.2, 0) is 0 Å². The predicted molar refractivity (Wildman–Crippen MR) is 144 cm³/mol. The quantitative estimate of drug-likeness (QED) is 0.233. The van der Waals surface area contributed by atoms with Gasteiger partial charge in [0.2, 0.25) is 0 Å². The first-order valence-corrected chi connectivity index (χ1v) is 18.7. The van der Waals surface area contributed by atoms with Crippen LogP contribution in [0.3, 0.4) is 0 Å². The molecule has 2 aliphatic heterocycles. The van der Waals surface area contributed by atoms with Gasteiger partial charge in [0.15, 0.2) is 0 Å². The van der Waals surface area contributed by atoms with Crippen molar-refractivity contribution in [3.05, 3.63) is 54.1 Å². The van der Waals surface area contributed by atoms with Crippen molar-refractivity contribution in [2.45, 2.75) is 80.1 Å². The Morgan fingerprint density at radius 2 is 1.34 bits per heavy atom. The summed E-state index contributed by atoms with van der Waals surface area (Å²) >= 11 is -1.59. The van der Waals surface area contributed by atoms with Crippen LogP contribution >= 0.6 is 8.96 Å². The summed E-state index contributed by atoms with van der Waals surface area (Å²) in [5.41, 5.74) is 2.89. The van der Waals surface area contributed by atoms with E-state index in [9.17, 15) is 10.2 Å². The molecule has 0 atom stereocenters. The van der Waals surface area contributed by atoms with E-state index in [1.54, 1.807) is 8.94 Å². The minimum atomic E-state index is -1.98. The molecule has 0 saturated carbocycles. The summed E-state index contributed by atoms with van der Waals surface area (Å²) in [6.45, 7) is 14.4. The molecule has 2 N–H and O–H groups in total. The molecule has 0 fully saturated rings. The van der Waals surface area contributed by atoms with E-state index >= 15 is 0 Å². The Morgan fingerprint density at radius 3 is 1.84 bits per heavy atom. The van der Waals surface area contributed by atoms with Gasteiger partial charge in [0, 0.05) is 0 Å². The second-order valence-corrected chi connectivity index (χ2v) is 19.4. The molecule has 0 aromatic carbocycles. The first kappa shape index (κ1) is 28.3. The van der Waals surface area contributed by atoms with Crippen LogP contribution in [0.15, 0.2) is 54.1 Å². The average molecular weight is 640 g/mol. The molecule has 0 saturated heterocycles. The fourth-order valence-corrected chi connectivity index (χ4v) is 11.9. The molecule has 2 rings (SSSR count). The fraction of sp³-hybridized carbons (Fsp3) is 0.593. The summed E-state index contributed by atoms with van der Waals surface area (Å²) in [5.74, 6) is 0. The van der Waals surface area contributed by atoms with Gasteiger partial charge in [-0.3, -0.25) is 0 Å². The predicted octanol–water partition coefficient (Wildman–Crippen LogP) is 6.21. The molecular weight excluding hydrogens is 598 g/mol. The first-order chi connectivity index (χ1) is 15.0. The molecule has 0 unspecified atom stereocenters. The normalized spacial score (nSPS) is 18.3. The first-order valence-electron chi connectivity index (χ1n) is 11.7. The topological polar surface area (TPSA) is 40.5 Å². The van der Waals surface area contributed by atoms with E-state index < -0.39 is 18.0 Å². The van der Waals surface area contributed by atoms with Gasteiger partial charge < -0.3 is 0 Å². The monoisotopic (exact) mass is 642 g/mol. The summed E-state index contributed by atoms with van der Waals surface area (Å²) in [4.78, 5) is 0. The number of unbranched alkanes of at least 4 members (excludes halogenated alkanes) is 2. The van der Waals surface area contributed by atoms with E-state index in [0.29, 0.717) is 15.0 Å². The average Bonchev–Trinajstić information content (AvgIpc) is 2.69. The van der Waals surface area contributed by atoms with Crippen molar-refractivity contribution < 1.29 is 10.2 Å². The van der Waals surface area contributed by atoms with Gasteiger partial charge in [-0.25, -0.2) is 0 Å². The number of aliphatic hydroxyl groups excluding tert-OH is 2. The van der Waals surface area contributed by atoms with Crippen LogP contribution in [-0.4, -0.2) is 59.9 Å². The SMILES string of the molecule is CC(C)(C)C1=CC(=CC2=CC(CCCCO)=[Te](Cl)C(CCCCO)=C2)C=C(C(C)(C)C)[Se]1. The van der Waals surface area contributed by atoms with Crippen molar-refractivity contribution in [1.82, 2.24) is 0 Å². The third-order valence-electron chi connectivity index (χ3n) is 5.41. The van der Waals surface area contributed by atoms with Gasteiger partial charge in [-0.05, 0) is 0 Å². The molecule has 0 aromatic heterocycles. The van der Waals surface area contributed by atoms with Crippen LogP contribution in [0.2, 0.25) is 0 Å². The zero-order valence-electron chi connectivity index (χ0n) is 20.6. The summed E-state index contributed by atoms with van der Waals surface area (Å²) in [5, 5.41) is 18.4. The van der Waals surface area contributed by atoms with Gasteiger partial charge in [-0.2, -0.15) is 0 Å². The van der Waals surface area contributed by atoms with Crippen molar-refractivity contribution in [2.24, 2.45) is 10.8 Å². The number of rotatable bonds is 9. The van der Waals surface area contributed by atoms with E-state index in [1.165, 1.54) is 18.3 Å². The second-order valence-electron chi connectivity index (χ2n) is 10.6. The summed E-state index contributed by atoms with van der Waals surface area (Å²) in [6.07, 6.45) is 17.4. The molecule has 0 spiro atoms. The van der Waals surface area contributed by atoms with Gasteiger partial charge in [0.25, 0.3) is 0 Å². The number of allylic oxidation sites excluding steroid dienone is 10. The van der Waals surface area contributed by atoms with E-state index in [0.717, 1.165) is 38.5 Å². The van der Waals surface area contributed by atoms with Gasteiger partial charge in [-0.15, -0.1) is 0 Å². The Labute approximate surface area is 212 Å². The van der Waals surface area contributed by atoms with E-state index in [1.807, 2.05) is 0 Å². The maximum absolute atomic E-state index is 9.21. The molecule has 2 aliphatic rings. The zero-order chi connectivity index (χ0) is 23.9. The van der Waals surface area contributed by atoms with Crippen molar-refractivity contribution in [1.29, 1.82) is 0 Å². The van der Waals surface area contributed by atoms with Gasteiger partial charge >= 0.3 is 214 Å². The molecule has 2 heterocycles. The number of halogens is 1. The van der Waals surface area contributed by atoms with Gasteiger partial charge in [0.05, 0.1) is 0 Å². The molecule has 0 amide bonds. The Bertz CT molecular complexity index is 829. The van der Waals surface area contributed by atoms with Crippen LogP contribution in [0, 0.1) is 10.8 Å². The number of hydrogen-bond acceptors (Lipinski definition) is 2. The molecule has 5 heteroatoms. The molecule has 0 bridgehead atoms. The Hall–Kier alpha value is 0.0891. The second kappa shape index (κ2) is 12.7. The standard InChI is InChI=1S/C27H41ClO2SeTe/c1-26(2,3)24-18-21(19-25(31-24)27(4,5)6)15-20-16-22(11-7-9-13-29)32(28)23(17-20)12-8-10-14-30/h15-19,29-30H,7-14H2,1-6H3. The molecule has 0 aliphatic carbocycles. The minimum absolute atomic E-state index is 0.174. The summed E-state index contributed by atoms with van der Waals surface area (Å²) in [7, 11) is 7.03. The molecule has 2 nitrogen and oxygen atoms in total. The Morgan fingerprint density at radius 1 is 0.812 bits per heavy atom. The van der Waals surface area contributed by atoms with Gasteiger partial charge in [0.1, 0.15) is 0 Å². The third kappa shape index (κ3) is 8.70. The van der Waals surface area contributed by atoms with Crippen LogP contribution < -0.4 is 0 Å². The maximum atomic E-state index is 9.21. The molecule has 0 radical (unpaired) electrons. The van der Waals surface area contributed by atoms with Crippen LogP contribution in [0.5, 0.6) is 0 Å². The zero-order valence-corrected chi connectivity index (χ0v) is 25.4. The van der Waals surface area contributed by atoms with Crippen molar-refractivity contribution in [3.63, 3.8) is 0 Å². The van der Waals surface area contributed by atoms with Crippen molar-refractivity contribution in [2.75, 3.05) is 13.2 Å². The van der Waals surface area contributed by atoms with Crippen LogP contribution in [0.25, 0.3) is 0 Å². The molecule has 32 heavy (non-hydrogen) atoms. The Balaban J connectivity index is 2.46. The Kier molecular flexibility index (Phi) is 11.2. The van der Waals surface area contributed by atoms with Crippen LogP contribution in [0.4, 0.5) is 0 Å². The van der Waals surface area contributed by atoms with Crippen molar-refractivity contribution >= 4 is 45.4 Å². The summed E-state index contributed by atoms with van der Waals surface area (Å²) in [6, 6.07) is 0.